The Labute approximate surface area is 86.5 Å². The van der Waals surface area contributed by atoms with Gasteiger partial charge in [-0.25, -0.2) is 0 Å². The van der Waals surface area contributed by atoms with Crippen molar-refractivity contribution in [3.8, 4) is 0 Å². The molecule has 13 heavy (non-hydrogen) atoms. The highest BCUT2D eigenvalue weighted by atomic mass is 32.2. The predicted octanol–water partition coefficient (Wildman–Crippen LogP) is 1.74. The monoisotopic (exact) mass is 205 g/mol. The van der Waals surface area contributed by atoms with Crippen LogP contribution >= 0.6 is 11.8 Å². The minimum Gasteiger partial charge on any atom is -0.390 e. The Morgan fingerprint density at radius 2 is 2.08 bits per heavy atom. The molecule has 0 spiro atoms. The molecule has 80 valence electrons. The number of aliphatic hydroxyl groups is 1. The van der Waals surface area contributed by atoms with Gasteiger partial charge in [-0.2, -0.15) is 11.8 Å². The molecule has 0 aliphatic heterocycles. The summed E-state index contributed by atoms with van der Waals surface area (Å²) in [6.07, 6.45) is 2.95. The second-order valence-electron chi connectivity index (χ2n) is 4.33. The zero-order valence-electron chi connectivity index (χ0n) is 9.26. The first-order valence-corrected chi connectivity index (χ1v) is 6.27. The lowest BCUT2D eigenvalue weighted by Crippen LogP contribution is -2.29. The van der Waals surface area contributed by atoms with Gasteiger partial charge >= 0.3 is 0 Å². The molecule has 0 aromatic rings. The summed E-state index contributed by atoms with van der Waals surface area (Å²) in [5.74, 6) is 1.92. The zero-order valence-corrected chi connectivity index (χ0v) is 10.1. The highest BCUT2D eigenvalue weighted by molar-refractivity contribution is 7.98. The molecule has 0 rings (SSSR count). The van der Waals surface area contributed by atoms with E-state index in [1.54, 1.807) is 0 Å². The Balaban J connectivity index is 3.25. The van der Waals surface area contributed by atoms with Crippen LogP contribution in [0.25, 0.3) is 0 Å². The Kier molecular flexibility index (Phi) is 6.82. The van der Waals surface area contributed by atoms with Crippen LogP contribution in [0.1, 0.15) is 27.2 Å². The highest BCUT2D eigenvalue weighted by Gasteiger charge is 2.11. The average Bonchev–Trinajstić information content (AvgIpc) is 1.97. The van der Waals surface area contributed by atoms with Crippen LogP contribution in [0.15, 0.2) is 0 Å². The molecule has 0 aromatic carbocycles. The fraction of sp³-hybridized carbons (Fsp3) is 1.00. The van der Waals surface area contributed by atoms with Gasteiger partial charge in [-0.15, -0.1) is 0 Å². The summed E-state index contributed by atoms with van der Waals surface area (Å²) in [6.45, 7) is 7.90. The Bertz CT molecular complexity index is 123. The number of hydrogen-bond acceptors (Lipinski definition) is 3. The van der Waals surface area contributed by atoms with Crippen molar-refractivity contribution in [2.75, 3.05) is 25.1 Å². The first kappa shape index (κ1) is 13.3. The molecule has 0 fully saturated rings. The molecule has 1 atom stereocenters. The fourth-order valence-electron chi connectivity index (χ4n) is 1.09. The molecule has 2 nitrogen and oxygen atoms in total. The molecule has 0 amide bonds. The molecule has 0 saturated carbocycles. The van der Waals surface area contributed by atoms with Crippen LogP contribution in [0.4, 0.5) is 0 Å². The van der Waals surface area contributed by atoms with Gasteiger partial charge in [0.05, 0.1) is 5.60 Å². The second-order valence-corrected chi connectivity index (χ2v) is 5.24. The van der Waals surface area contributed by atoms with Crippen molar-refractivity contribution in [3.63, 3.8) is 0 Å². The summed E-state index contributed by atoms with van der Waals surface area (Å²) < 4.78 is 0. The van der Waals surface area contributed by atoms with E-state index in [1.165, 1.54) is 5.75 Å². The van der Waals surface area contributed by atoms with Crippen LogP contribution in [0, 0.1) is 5.92 Å². The standard InChI is InChI=1S/C10H23NOS/c1-9(8-13-4)7-11-6-5-10(2,3)12/h9,11-12H,5-8H2,1-4H3. The van der Waals surface area contributed by atoms with E-state index in [2.05, 4.69) is 18.5 Å². The SMILES string of the molecule is CSCC(C)CNCCC(C)(C)O. The molecule has 0 aromatic heterocycles. The number of thioether (sulfide) groups is 1. The number of rotatable bonds is 7. The molecule has 0 heterocycles. The minimum atomic E-state index is -0.532. The van der Waals surface area contributed by atoms with Crippen molar-refractivity contribution in [2.24, 2.45) is 5.92 Å². The van der Waals surface area contributed by atoms with E-state index in [0.717, 1.165) is 25.4 Å². The summed E-state index contributed by atoms with van der Waals surface area (Å²) >= 11 is 1.88. The average molecular weight is 205 g/mol. The molecule has 0 bridgehead atoms. The van der Waals surface area contributed by atoms with Gasteiger partial charge in [0.25, 0.3) is 0 Å². The molecule has 1 unspecified atom stereocenters. The van der Waals surface area contributed by atoms with Gasteiger partial charge in [0.15, 0.2) is 0 Å². The van der Waals surface area contributed by atoms with Crippen molar-refractivity contribution in [1.29, 1.82) is 0 Å². The van der Waals surface area contributed by atoms with E-state index in [4.69, 9.17) is 0 Å². The third kappa shape index (κ3) is 10.2. The van der Waals surface area contributed by atoms with E-state index in [-0.39, 0.29) is 0 Å². The minimum absolute atomic E-state index is 0.532. The fourth-order valence-corrected chi connectivity index (χ4v) is 1.77. The topological polar surface area (TPSA) is 32.3 Å². The van der Waals surface area contributed by atoms with Gasteiger partial charge in [0.1, 0.15) is 0 Å². The van der Waals surface area contributed by atoms with Gasteiger partial charge < -0.3 is 10.4 Å². The Hall–Kier alpha value is 0.270. The Morgan fingerprint density at radius 3 is 2.54 bits per heavy atom. The van der Waals surface area contributed by atoms with Gasteiger partial charge in [-0.05, 0) is 51.3 Å². The van der Waals surface area contributed by atoms with Gasteiger partial charge in [0.2, 0.25) is 0 Å². The molecule has 0 aliphatic rings. The summed E-state index contributed by atoms with van der Waals surface area (Å²) in [4.78, 5) is 0. The maximum absolute atomic E-state index is 9.44. The molecule has 2 N–H and O–H groups in total. The number of nitrogens with one attached hydrogen (secondary N) is 1. The lowest BCUT2D eigenvalue weighted by Gasteiger charge is -2.18. The van der Waals surface area contributed by atoms with E-state index in [0.29, 0.717) is 0 Å². The summed E-state index contributed by atoms with van der Waals surface area (Å²) in [5, 5.41) is 12.8. The first-order chi connectivity index (χ1) is 5.95. The van der Waals surface area contributed by atoms with Crippen LogP contribution in [-0.2, 0) is 0 Å². The van der Waals surface area contributed by atoms with Crippen molar-refractivity contribution in [3.05, 3.63) is 0 Å². The quantitative estimate of drug-likeness (QED) is 0.621. The largest absolute Gasteiger partial charge is 0.390 e. The first-order valence-electron chi connectivity index (χ1n) is 4.88. The summed E-state index contributed by atoms with van der Waals surface area (Å²) in [6, 6.07) is 0. The molecule has 0 aliphatic carbocycles. The van der Waals surface area contributed by atoms with Crippen LogP contribution < -0.4 is 5.32 Å². The smallest absolute Gasteiger partial charge is 0.0603 e. The summed E-state index contributed by atoms with van der Waals surface area (Å²) in [7, 11) is 0. The van der Waals surface area contributed by atoms with E-state index in [1.807, 2.05) is 25.6 Å². The second kappa shape index (κ2) is 6.68. The van der Waals surface area contributed by atoms with E-state index < -0.39 is 5.60 Å². The molecular weight excluding hydrogens is 182 g/mol. The van der Waals surface area contributed by atoms with Gasteiger partial charge in [0, 0.05) is 0 Å². The van der Waals surface area contributed by atoms with Crippen molar-refractivity contribution in [1.82, 2.24) is 5.32 Å². The molecular formula is C10H23NOS. The summed E-state index contributed by atoms with van der Waals surface area (Å²) in [5.41, 5.74) is -0.532. The van der Waals surface area contributed by atoms with Crippen molar-refractivity contribution < 1.29 is 5.11 Å². The van der Waals surface area contributed by atoms with Crippen LogP contribution in [0.2, 0.25) is 0 Å². The Morgan fingerprint density at radius 1 is 1.46 bits per heavy atom. The van der Waals surface area contributed by atoms with Crippen LogP contribution in [0.5, 0.6) is 0 Å². The lowest BCUT2D eigenvalue weighted by atomic mass is 10.1. The van der Waals surface area contributed by atoms with E-state index in [9.17, 15) is 5.11 Å². The lowest BCUT2D eigenvalue weighted by molar-refractivity contribution is 0.0710. The van der Waals surface area contributed by atoms with E-state index >= 15 is 0 Å². The molecule has 3 heteroatoms. The molecule has 0 radical (unpaired) electrons. The van der Waals surface area contributed by atoms with Crippen molar-refractivity contribution in [2.45, 2.75) is 32.8 Å². The van der Waals surface area contributed by atoms with Crippen molar-refractivity contribution >= 4 is 11.8 Å². The predicted molar refractivity (Wildman–Crippen MR) is 61.3 cm³/mol. The highest BCUT2D eigenvalue weighted by Crippen LogP contribution is 2.06. The van der Waals surface area contributed by atoms with Gasteiger partial charge in [-0.3, -0.25) is 0 Å². The van der Waals surface area contributed by atoms with Gasteiger partial charge in [-0.1, -0.05) is 6.92 Å². The maximum Gasteiger partial charge on any atom is 0.0603 e. The normalized spacial score (nSPS) is 14.5. The number of hydrogen-bond donors (Lipinski definition) is 2. The zero-order chi connectivity index (χ0) is 10.3. The third-order valence-electron chi connectivity index (χ3n) is 1.86. The third-order valence-corrected chi connectivity index (χ3v) is 2.76. The van der Waals surface area contributed by atoms with Crippen LogP contribution in [-0.4, -0.2) is 35.8 Å². The maximum atomic E-state index is 9.44. The molecule has 0 saturated heterocycles. The van der Waals surface area contributed by atoms with Crippen LogP contribution in [0.3, 0.4) is 0 Å².